The smallest absolute Gasteiger partial charge is 0.272 e. The van der Waals surface area contributed by atoms with Gasteiger partial charge in [0.25, 0.3) is 5.69 Å². The standard InChI is InChI=1S/C9H12N2O2.ClH/c1-6-3-4-8(7(2)10)5-9(6)11(12)13;/h3-5,7H,10H2,1-2H3;1H/t7-;/m1./s1. The van der Waals surface area contributed by atoms with Crippen LogP contribution < -0.4 is 5.73 Å². The van der Waals surface area contributed by atoms with E-state index < -0.39 is 0 Å². The summed E-state index contributed by atoms with van der Waals surface area (Å²) in [6.07, 6.45) is 0. The highest BCUT2D eigenvalue weighted by molar-refractivity contribution is 5.85. The summed E-state index contributed by atoms with van der Waals surface area (Å²) in [4.78, 5) is 10.2. The lowest BCUT2D eigenvalue weighted by Crippen LogP contribution is -2.05. The summed E-state index contributed by atoms with van der Waals surface area (Å²) in [6.45, 7) is 3.51. The van der Waals surface area contributed by atoms with E-state index in [1.165, 1.54) is 6.07 Å². The van der Waals surface area contributed by atoms with Crippen molar-refractivity contribution >= 4 is 18.1 Å². The molecule has 0 unspecified atom stereocenters. The third-order valence-corrected chi connectivity index (χ3v) is 1.96. The molecule has 0 spiro atoms. The molecule has 0 saturated heterocycles. The maximum absolute atomic E-state index is 10.6. The fourth-order valence-corrected chi connectivity index (χ4v) is 1.11. The Morgan fingerprint density at radius 2 is 2.07 bits per heavy atom. The topological polar surface area (TPSA) is 69.2 Å². The van der Waals surface area contributed by atoms with Gasteiger partial charge in [0.1, 0.15) is 0 Å². The minimum Gasteiger partial charge on any atom is -0.324 e. The van der Waals surface area contributed by atoms with Gasteiger partial charge >= 0.3 is 0 Å². The molecule has 0 aliphatic heterocycles. The van der Waals surface area contributed by atoms with Crippen molar-refractivity contribution in [3.05, 3.63) is 39.4 Å². The molecule has 5 heteroatoms. The number of nitrogens with zero attached hydrogens (tertiary/aromatic N) is 1. The zero-order valence-corrected chi connectivity index (χ0v) is 8.88. The van der Waals surface area contributed by atoms with Gasteiger partial charge in [-0.2, -0.15) is 0 Å². The quantitative estimate of drug-likeness (QED) is 0.610. The van der Waals surface area contributed by atoms with Crippen molar-refractivity contribution in [3.8, 4) is 0 Å². The van der Waals surface area contributed by atoms with Crippen LogP contribution in [0.2, 0.25) is 0 Å². The molecule has 2 N–H and O–H groups in total. The van der Waals surface area contributed by atoms with Crippen molar-refractivity contribution in [1.29, 1.82) is 0 Å². The predicted molar refractivity (Wildman–Crippen MR) is 57.7 cm³/mol. The molecule has 0 fully saturated rings. The minimum atomic E-state index is -0.388. The maximum Gasteiger partial charge on any atom is 0.272 e. The number of hydrogen-bond acceptors (Lipinski definition) is 3. The second-order valence-electron chi connectivity index (χ2n) is 3.09. The van der Waals surface area contributed by atoms with Gasteiger partial charge in [-0.15, -0.1) is 12.4 Å². The molecule has 14 heavy (non-hydrogen) atoms. The number of aryl methyl sites for hydroxylation is 1. The fraction of sp³-hybridized carbons (Fsp3) is 0.333. The summed E-state index contributed by atoms with van der Waals surface area (Å²) in [5, 5.41) is 10.6. The molecule has 78 valence electrons. The number of hydrogen-bond donors (Lipinski definition) is 1. The van der Waals surface area contributed by atoms with Crippen LogP contribution in [0.3, 0.4) is 0 Å². The average molecular weight is 217 g/mol. The second-order valence-corrected chi connectivity index (χ2v) is 3.09. The number of rotatable bonds is 2. The van der Waals surface area contributed by atoms with E-state index in [-0.39, 0.29) is 29.1 Å². The van der Waals surface area contributed by atoms with E-state index in [9.17, 15) is 10.1 Å². The first-order valence-corrected chi connectivity index (χ1v) is 4.03. The molecular weight excluding hydrogens is 204 g/mol. The average Bonchev–Trinajstić information content (AvgIpc) is 2.04. The number of nitrogens with two attached hydrogens (primary N) is 1. The predicted octanol–water partition coefficient (Wildman–Crippen LogP) is 2.34. The maximum atomic E-state index is 10.6. The van der Waals surface area contributed by atoms with Gasteiger partial charge in [-0.25, -0.2) is 0 Å². The van der Waals surface area contributed by atoms with E-state index in [0.29, 0.717) is 5.56 Å². The molecule has 0 amide bonds. The Morgan fingerprint density at radius 1 is 1.50 bits per heavy atom. The van der Waals surface area contributed by atoms with Crippen molar-refractivity contribution in [3.63, 3.8) is 0 Å². The number of halogens is 1. The van der Waals surface area contributed by atoms with Crippen LogP contribution in [0.25, 0.3) is 0 Å². The molecule has 0 radical (unpaired) electrons. The molecule has 1 aromatic carbocycles. The van der Waals surface area contributed by atoms with Gasteiger partial charge in [0.05, 0.1) is 4.92 Å². The summed E-state index contributed by atoms with van der Waals surface area (Å²) < 4.78 is 0. The third-order valence-electron chi connectivity index (χ3n) is 1.96. The first-order valence-electron chi connectivity index (χ1n) is 4.03. The molecule has 0 bridgehead atoms. The van der Waals surface area contributed by atoms with Crippen LogP contribution >= 0.6 is 12.4 Å². The Labute approximate surface area is 88.7 Å². The van der Waals surface area contributed by atoms with E-state index in [0.717, 1.165) is 5.56 Å². The monoisotopic (exact) mass is 216 g/mol. The molecule has 4 nitrogen and oxygen atoms in total. The summed E-state index contributed by atoms with van der Waals surface area (Å²) in [5.41, 5.74) is 7.19. The van der Waals surface area contributed by atoms with Gasteiger partial charge < -0.3 is 5.73 Å². The number of nitro groups is 1. The third kappa shape index (κ3) is 2.68. The lowest BCUT2D eigenvalue weighted by Gasteiger charge is -2.05. The van der Waals surface area contributed by atoms with Crippen molar-refractivity contribution in [1.82, 2.24) is 0 Å². The zero-order valence-electron chi connectivity index (χ0n) is 8.06. The fourth-order valence-electron chi connectivity index (χ4n) is 1.11. The van der Waals surface area contributed by atoms with Crippen molar-refractivity contribution in [2.75, 3.05) is 0 Å². The minimum absolute atomic E-state index is 0. The van der Waals surface area contributed by atoms with Crippen molar-refractivity contribution < 1.29 is 4.92 Å². The number of nitro benzene ring substituents is 1. The summed E-state index contributed by atoms with van der Waals surface area (Å²) in [6, 6.07) is 4.89. The molecule has 0 aliphatic carbocycles. The van der Waals surface area contributed by atoms with Gasteiger partial charge in [-0.3, -0.25) is 10.1 Å². The first-order chi connectivity index (χ1) is 6.02. The summed E-state index contributed by atoms with van der Waals surface area (Å²) >= 11 is 0. The molecule has 0 aliphatic rings. The Bertz CT molecular complexity index is 340. The van der Waals surface area contributed by atoms with Crippen LogP contribution in [0.5, 0.6) is 0 Å². The van der Waals surface area contributed by atoms with E-state index in [4.69, 9.17) is 5.73 Å². The van der Waals surface area contributed by atoms with Crippen molar-refractivity contribution in [2.45, 2.75) is 19.9 Å². The van der Waals surface area contributed by atoms with Gasteiger partial charge in [0.2, 0.25) is 0 Å². The lowest BCUT2D eigenvalue weighted by molar-refractivity contribution is -0.385. The highest BCUT2D eigenvalue weighted by atomic mass is 35.5. The molecule has 0 heterocycles. The van der Waals surface area contributed by atoms with Crippen molar-refractivity contribution in [2.24, 2.45) is 5.73 Å². The zero-order chi connectivity index (χ0) is 10.0. The van der Waals surface area contributed by atoms with Crippen LogP contribution in [0.4, 0.5) is 5.69 Å². The molecule has 1 aromatic rings. The van der Waals surface area contributed by atoms with E-state index >= 15 is 0 Å². The lowest BCUT2D eigenvalue weighted by atomic mass is 10.1. The van der Waals surface area contributed by atoms with Crippen LogP contribution in [-0.2, 0) is 0 Å². The summed E-state index contributed by atoms with van der Waals surface area (Å²) in [5.74, 6) is 0. The molecule has 1 atom stereocenters. The SMILES string of the molecule is Cc1ccc([C@@H](C)N)cc1[N+](=O)[O-].Cl. The van der Waals surface area contributed by atoms with E-state index in [1.54, 1.807) is 19.9 Å². The highest BCUT2D eigenvalue weighted by Gasteiger charge is 2.11. The van der Waals surface area contributed by atoms with E-state index in [2.05, 4.69) is 0 Å². The van der Waals surface area contributed by atoms with Gasteiger partial charge in [-0.05, 0) is 19.4 Å². The molecular formula is C9H13ClN2O2. The Hall–Kier alpha value is -1.13. The molecule has 0 aromatic heterocycles. The number of benzene rings is 1. The largest absolute Gasteiger partial charge is 0.324 e. The van der Waals surface area contributed by atoms with Gasteiger partial charge in [0.15, 0.2) is 0 Å². The Balaban J connectivity index is 0.00000169. The Kier molecular flexibility index (Phi) is 4.53. The van der Waals surface area contributed by atoms with E-state index in [1.807, 2.05) is 6.07 Å². The first kappa shape index (κ1) is 12.9. The van der Waals surface area contributed by atoms with Gasteiger partial charge in [0, 0.05) is 17.7 Å². The molecule has 1 rings (SSSR count). The Morgan fingerprint density at radius 3 is 2.50 bits per heavy atom. The summed E-state index contributed by atoms with van der Waals surface area (Å²) in [7, 11) is 0. The van der Waals surface area contributed by atoms with Crippen LogP contribution in [-0.4, -0.2) is 4.92 Å². The second kappa shape index (κ2) is 4.93. The normalized spacial score (nSPS) is 11.6. The van der Waals surface area contributed by atoms with Gasteiger partial charge in [-0.1, -0.05) is 12.1 Å². The molecule has 0 saturated carbocycles. The van der Waals surface area contributed by atoms with Crippen LogP contribution in [0.15, 0.2) is 18.2 Å². The van der Waals surface area contributed by atoms with Crippen LogP contribution in [0.1, 0.15) is 24.1 Å². The van der Waals surface area contributed by atoms with Crippen LogP contribution in [0, 0.1) is 17.0 Å². The highest BCUT2D eigenvalue weighted by Crippen LogP contribution is 2.21.